The topological polar surface area (TPSA) is 203 Å². The Bertz CT molecular complexity index is 2970. The Kier molecular flexibility index (Phi) is 30.4. The molecule has 0 saturated carbocycles. The molecule has 93 heavy (non-hydrogen) atoms. The van der Waals surface area contributed by atoms with Gasteiger partial charge in [-0.2, -0.15) is 0 Å². The second kappa shape index (κ2) is 37.7. The molecule has 0 N–H and O–H groups in total. The fraction of sp³-hybridized carbons (Fsp3) is 0.455. The van der Waals surface area contributed by atoms with Crippen LogP contribution in [0.2, 0.25) is 18.1 Å². The second-order valence-corrected chi connectivity index (χ2v) is 35.1. The van der Waals surface area contributed by atoms with Gasteiger partial charge in [-0.3, -0.25) is 0 Å². The maximum absolute atomic E-state index is 7.37. The summed E-state index contributed by atoms with van der Waals surface area (Å²) in [6, 6.07) is 46.3. The van der Waals surface area contributed by atoms with Gasteiger partial charge < -0.3 is 81.2 Å². The lowest BCUT2D eigenvalue weighted by Gasteiger charge is -2.33. The predicted molar refractivity (Wildman–Crippen MR) is 371 cm³/mol. The Balaban J connectivity index is 1.46. The molecule has 7 rings (SSSR count). The minimum absolute atomic E-state index is 0.233. The van der Waals surface area contributed by atoms with Gasteiger partial charge in [0.15, 0.2) is 34.5 Å². The lowest BCUT2D eigenvalue weighted by Crippen LogP contribution is -2.46. The van der Waals surface area contributed by atoms with Crippen molar-refractivity contribution in [2.24, 2.45) is 13.5 Å². The number of benzene rings is 6. The van der Waals surface area contributed by atoms with Crippen LogP contribution in [0.25, 0.3) is 0 Å². The van der Waals surface area contributed by atoms with Crippen LogP contribution in [0.15, 0.2) is 159 Å². The number of hydrogen-bond donors (Lipinski definition) is 0. The Morgan fingerprint density at radius 2 is 0.505 bits per heavy atom. The van der Waals surface area contributed by atoms with Gasteiger partial charge in [0.1, 0.15) is 17.2 Å². The van der Waals surface area contributed by atoms with E-state index in [4.69, 9.17) is 94.7 Å². The van der Waals surface area contributed by atoms with Gasteiger partial charge in [0.05, 0.1) is 21.3 Å². The molecule has 0 fully saturated rings. The maximum atomic E-state index is 7.37. The number of ether oxygens (including phenoxy) is 3. The van der Waals surface area contributed by atoms with E-state index in [1.165, 1.54) is 0 Å². The first kappa shape index (κ1) is 74.9. The molecule has 0 bridgehead atoms. The molecule has 0 saturated heterocycles. The van der Waals surface area contributed by atoms with Crippen LogP contribution in [0.5, 0.6) is 51.7 Å². The van der Waals surface area contributed by atoms with Crippen LogP contribution in [0, 0.1) is 0 Å². The predicted octanol–water partition coefficient (Wildman–Crippen LogP) is 18.3. The zero-order valence-electron chi connectivity index (χ0n) is 56.1. The van der Waals surface area contributed by atoms with Crippen molar-refractivity contribution in [3.63, 3.8) is 0 Å². The third-order valence-electron chi connectivity index (χ3n) is 14.0. The van der Waals surface area contributed by atoms with E-state index in [9.17, 15) is 0 Å². The Morgan fingerprint density at radius 3 is 0.710 bits per heavy atom. The molecule has 0 aliphatic carbocycles. The molecule has 1 aliphatic heterocycles. The fourth-order valence-electron chi connectivity index (χ4n) is 10.4. The molecule has 27 heteroatoms. The van der Waals surface area contributed by atoms with Crippen LogP contribution in [0.4, 0.5) is 0 Å². The summed E-state index contributed by atoms with van der Waals surface area (Å²) in [5, 5.41) is 0. The van der Waals surface area contributed by atoms with Gasteiger partial charge in [0.2, 0.25) is 0 Å². The van der Waals surface area contributed by atoms with E-state index in [2.05, 4.69) is 0 Å². The summed E-state index contributed by atoms with van der Waals surface area (Å²) < 4.78 is 135. The van der Waals surface area contributed by atoms with E-state index < -0.39 is 49.4 Å². The van der Waals surface area contributed by atoms with Gasteiger partial charge in [-0.1, -0.05) is 86.3 Å². The van der Waals surface area contributed by atoms with Gasteiger partial charge in [-0.05, 0) is 190 Å². The summed E-state index contributed by atoms with van der Waals surface area (Å²) >= 11 is 0. The van der Waals surface area contributed by atoms with Crippen LogP contribution in [-0.4, -0.2) is 107 Å². The molecule has 1 heterocycles. The number of rotatable bonds is 45. The minimum atomic E-state index is -4.42. The number of aryl methyl sites for hydroxylation is 3. The molecular weight excluding hydrogens is 1300 g/mol. The Labute approximate surface area is 555 Å². The van der Waals surface area contributed by atoms with Crippen LogP contribution < -0.4 is 41.4 Å². The number of methoxy groups -OCH3 is 3. The lowest BCUT2D eigenvalue weighted by molar-refractivity contribution is 0.0700. The molecule has 0 unspecified atom stereocenters. The summed E-state index contributed by atoms with van der Waals surface area (Å²) in [6.45, 7) is 21.9. The molecule has 21 nitrogen and oxygen atoms in total. The zero-order chi connectivity index (χ0) is 66.5. The highest BCUT2D eigenvalue weighted by Gasteiger charge is 2.50. The number of para-hydroxylation sites is 3. The summed E-state index contributed by atoms with van der Waals surface area (Å²) in [4.78, 5) is 0. The van der Waals surface area contributed by atoms with Gasteiger partial charge in [0, 0.05) is 77.6 Å². The lowest BCUT2D eigenvalue weighted by atomic mass is 10.1. The van der Waals surface area contributed by atoms with Crippen LogP contribution >= 0.6 is 23.0 Å². The first-order valence-corrected chi connectivity index (χ1v) is 42.6. The molecule has 6 aromatic rings. The van der Waals surface area contributed by atoms with E-state index in [0.717, 1.165) is 16.7 Å². The summed E-state index contributed by atoms with van der Waals surface area (Å²) in [7, 11) is -17.4. The number of hydrogen-bond acceptors (Lipinski definition) is 21. The van der Waals surface area contributed by atoms with E-state index in [1.54, 1.807) is 57.7 Å². The van der Waals surface area contributed by atoms with Gasteiger partial charge in [0.25, 0.3) is 0 Å². The maximum Gasteiger partial charge on any atom is 0.500 e. The highest BCUT2D eigenvalue weighted by molar-refractivity contribution is 7.79. The zero-order valence-corrected chi connectivity index (χ0v) is 61.8. The van der Waals surface area contributed by atoms with Gasteiger partial charge in [-0.25, -0.2) is 0 Å². The SMILES string of the molecule is CCO[Si](CCCc1ccc(OP2(Oc3ccccc3)=NP(Oc3ccccc3)(Oc3ccc(CCC[Si](OCC)(OCC)OCC)cc3OC)=NP(Oc3ccccc3)(Oc3ccc(CCC[Si](OCC)(OCC)OCC)cc3OC)=N2)c(OC)c1)(OCC)OCC. The first-order chi connectivity index (χ1) is 45.2. The number of nitrogens with zero attached hydrogens (tertiary/aromatic N) is 3. The second-order valence-electron chi connectivity index (χ2n) is 20.7. The summed E-state index contributed by atoms with van der Waals surface area (Å²) in [5.74, 6) is 2.82. The van der Waals surface area contributed by atoms with Crippen LogP contribution in [-0.2, 0) is 59.1 Å². The average Bonchev–Trinajstić information content (AvgIpc) is 0.730. The third kappa shape index (κ3) is 21.8. The van der Waals surface area contributed by atoms with Gasteiger partial charge in [-0.15, -0.1) is 0 Å². The van der Waals surface area contributed by atoms with Crippen molar-refractivity contribution in [3.05, 3.63) is 162 Å². The first-order valence-electron chi connectivity index (χ1n) is 32.2. The Hall–Kier alpha value is -5.50. The fourth-order valence-corrected chi connectivity index (χ4v) is 27.3. The van der Waals surface area contributed by atoms with Crippen LogP contribution in [0.3, 0.4) is 0 Å². The summed E-state index contributed by atoms with van der Waals surface area (Å²) in [6.07, 6.45) is 4.06. The monoisotopic (exact) mass is 1400 g/mol. The summed E-state index contributed by atoms with van der Waals surface area (Å²) in [5.41, 5.74) is 2.86. The quantitative estimate of drug-likeness (QED) is 0.0258. The van der Waals surface area contributed by atoms with Crippen molar-refractivity contribution in [3.8, 4) is 51.7 Å². The molecule has 0 amide bonds. The molecule has 0 radical (unpaired) electrons. The van der Waals surface area contributed by atoms with Crippen molar-refractivity contribution in [1.82, 2.24) is 0 Å². The van der Waals surface area contributed by atoms with Gasteiger partial charge >= 0.3 is 49.4 Å². The normalized spacial score (nSPS) is 17.3. The molecule has 0 spiro atoms. The van der Waals surface area contributed by atoms with E-state index in [0.29, 0.717) is 151 Å². The van der Waals surface area contributed by atoms with E-state index in [1.807, 2.05) is 172 Å². The molecule has 1 aliphatic rings. The standard InChI is InChI=1S/C66H96N3O18P3Si3/c1-13-73-91(74-14-2,75-15-3)49-31-34-55-43-46-61(64(52-55)70-10)85-88(82-58-37-25-22-26-38-58)67-89(83-59-39-27-23-28-40-59,86-62-47-44-56(53-65(62)71-11)35-32-50-92(76-16-4,77-17-5)78-18-6)69-90(68-88,84-60-41-29-24-30-42-60)87-63-48-45-57(54-66(63)72-12)36-33-51-93(79-19-7,80-20-8)81-21-9/h22-30,37-48,52-54H,13-21,31-36,49-51H2,1-12H3. The Morgan fingerprint density at radius 1 is 0.280 bits per heavy atom. The molecule has 0 atom stereocenters. The highest BCUT2D eigenvalue weighted by Crippen LogP contribution is 2.79. The van der Waals surface area contributed by atoms with E-state index >= 15 is 0 Å². The molecule has 0 aromatic heterocycles. The molecular formula is C66H96N3O18P3Si3. The average molecular weight is 1400 g/mol. The minimum Gasteiger partial charge on any atom is -0.493 e. The third-order valence-corrected chi connectivity index (χ3v) is 31.6. The van der Waals surface area contributed by atoms with Crippen molar-refractivity contribution >= 4 is 49.4 Å². The van der Waals surface area contributed by atoms with E-state index in [-0.39, 0.29) is 17.2 Å². The van der Waals surface area contributed by atoms with Crippen LogP contribution in [0.1, 0.15) is 98.3 Å². The van der Waals surface area contributed by atoms with Crippen molar-refractivity contribution in [2.75, 3.05) is 80.8 Å². The molecule has 6 aromatic carbocycles. The molecule has 510 valence electrons. The highest BCUT2D eigenvalue weighted by atomic mass is 31.3. The van der Waals surface area contributed by atoms with Crippen molar-refractivity contribution in [2.45, 2.75) is 119 Å². The van der Waals surface area contributed by atoms with Crippen molar-refractivity contribution in [1.29, 1.82) is 0 Å². The smallest absolute Gasteiger partial charge is 0.493 e. The largest absolute Gasteiger partial charge is 0.500 e. The van der Waals surface area contributed by atoms with Crippen molar-refractivity contribution < 1.29 is 81.2 Å².